The van der Waals surface area contributed by atoms with E-state index < -0.39 is 0 Å². The molecule has 0 spiro atoms. The summed E-state index contributed by atoms with van der Waals surface area (Å²) in [4.78, 5) is 15.7. The van der Waals surface area contributed by atoms with Crippen molar-refractivity contribution in [1.29, 1.82) is 0 Å². The predicted molar refractivity (Wildman–Crippen MR) is 103 cm³/mol. The van der Waals surface area contributed by atoms with Gasteiger partial charge in [0.25, 0.3) is 0 Å². The number of esters is 1. The van der Waals surface area contributed by atoms with Gasteiger partial charge in [-0.15, -0.1) is 0 Å². The molecule has 3 rings (SSSR count). The lowest BCUT2D eigenvalue weighted by atomic mass is 10.2. The highest BCUT2D eigenvalue weighted by atomic mass is 16.5. The van der Waals surface area contributed by atoms with Gasteiger partial charge in [-0.25, -0.2) is 9.78 Å². The molecule has 0 unspecified atom stereocenters. The Hall–Kier alpha value is -3.34. The van der Waals surface area contributed by atoms with Crippen LogP contribution >= 0.6 is 0 Å². The first-order chi connectivity index (χ1) is 13.2. The predicted octanol–water partition coefficient (Wildman–Crippen LogP) is 4.46. The number of benzene rings is 2. The zero-order chi connectivity index (χ0) is 19.1. The number of hydrogen-bond acceptors (Lipinski definition) is 5. The number of ether oxygens (including phenoxy) is 2. The van der Waals surface area contributed by atoms with Gasteiger partial charge in [-0.1, -0.05) is 30.3 Å². The summed E-state index contributed by atoms with van der Waals surface area (Å²) in [6.07, 6.45) is 3.74. The second-order valence-electron chi connectivity index (χ2n) is 5.91. The van der Waals surface area contributed by atoms with Crippen molar-refractivity contribution in [3.63, 3.8) is 0 Å². The van der Waals surface area contributed by atoms with Crippen LogP contribution in [0.5, 0.6) is 5.75 Å². The highest BCUT2D eigenvalue weighted by Crippen LogP contribution is 2.22. The molecule has 0 radical (unpaired) electrons. The molecule has 0 amide bonds. The summed E-state index contributed by atoms with van der Waals surface area (Å²) < 4.78 is 16.1. The molecule has 0 atom stereocenters. The molecule has 0 saturated heterocycles. The minimum absolute atomic E-state index is 0.381. The van der Waals surface area contributed by atoms with E-state index in [0.717, 1.165) is 28.3 Å². The SMILES string of the molecule is COC(=O)/C=C/c1ccc(OCCc2nc(-c3ccccc3)oc2C)cc1. The largest absolute Gasteiger partial charge is 0.493 e. The van der Waals surface area contributed by atoms with Gasteiger partial charge in [-0.3, -0.25) is 0 Å². The van der Waals surface area contributed by atoms with E-state index in [1.165, 1.54) is 13.2 Å². The van der Waals surface area contributed by atoms with E-state index in [2.05, 4.69) is 9.72 Å². The van der Waals surface area contributed by atoms with Crippen molar-refractivity contribution in [1.82, 2.24) is 4.98 Å². The van der Waals surface area contributed by atoms with Crippen LogP contribution in [0, 0.1) is 6.92 Å². The van der Waals surface area contributed by atoms with Crippen LogP contribution in [0.1, 0.15) is 17.0 Å². The molecule has 0 aliphatic heterocycles. The monoisotopic (exact) mass is 363 g/mol. The van der Waals surface area contributed by atoms with E-state index in [1.807, 2.05) is 61.5 Å². The molecule has 2 aromatic carbocycles. The van der Waals surface area contributed by atoms with Crippen LogP contribution in [0.15, 0.2) is 65.1 Å². The van der Waals surface area contributed by atoms with Gasteiger partial charge in [-0.05, 0) is 42.8 Å². The van der Waals surface area contributed by atoms with Crippen LogP contribution in [-0.4, -0.2) is 24.7 Å². The molecule has 0 fully saturated rings. The molecule has 0 N–H and O–H groups in total. The fourth-order valence-corrected chi connectivity index (χ4v) is 2.54. The van der Waals surface area contributed by atoms with Crippen molar-refractivity contribution in [2.45, 2.75) is 13.3 Å². The maximum atomic E-state index is 11.1. The quantitative estimate of drug-likeness (QED) is 0.458. The first-order valence-electron chi connectivity index (χ1n) is 8.66. The fraction of sp³-hybridized carbons (Fsp3) is 0.182. The van der Waals surface area contributed by atoms with Crippen molar-refractivity contribution in [2.75, 3.05) is 13.7 Å². The summed E-state index contributed by atoms with van der Waals surface area (Å²) in [5, 5.41) is 0. The lowest BCUT2D eigenvalue weighted by molar-refractivity contribution is -0.134. The average molecular weight is 363 g/mol. The van der Waals surface area contributed by atoms with E-state index in [4.69, 9.17) is 9.15 Å². The summed E-state index contributed by atoms with van der Waals surface area (Å²) in [5.74, 6) is 1.81. The number of oxazole rings is 1. The van der Waals surface area contributed by atoms with Crippen LogP contribution in [0.2, 0.25) is 0 Å². The highest BCUT2D eigenvalue weighted by Gasteiger charge is 2.11. The Kier molecular flexibility index (Phi) is 6.05. The molecule has 1 heterocycles. The molecule has 27 heavy (non-hydrogen) atoms. The number of aryl methyl sites for hydroxylation is 1. The zero-order valence-electron chi connectivity index (χ0n) is 15.3. The normalized spacial score (nSPS) is 10.9. The summed E-state index contributed by atoms with van der Waals surface area (Å²) in [7, 11) is 1.35. The first kappa shape index (κ1) is 18.5. The summed E-state index contributed by atoms with van der Waals surface area (Å²) >= 11 is 0. The minimum Gasteiger partial charge on any atom is -0.493 e. The van der Waals surface area contributed by atoms with E-state index in [1.54, 1.807) is 6.08 Å². The topological polar surface area (TPSA) is 61.6 Å². The Morgan fingerprint density at radius 1 is 1.11 bits per heavy atom. The standard InChI is InChI=1S/C22H21NO4/c1-16-20(23-22(27-16)18-6-4-3-5-7-18)14-15-26-19-11-8-17(9-12-19)10-13-21(24)25-2/h3-13H,14-15H2,1-2H3/b13-10+. The molecule has 3 aromatic rings. The van der Waals surface area contributed by atoms with Gasteiger partial charge in [-0.2, -0.15) is 0 Å². The number of carbonyl (C=O) groups is 1. The van der Waals surface area contributed by atoms with Crippen LogP contribution in [-0.2, 0) is 16.0 Å². The molecule has 138 valence electrons. The Morgan fingerprint density at radius 2 is 1.85 bits per heavy atom. The van der Waals surface area contributed by atoms with E-state index in [-0.39, 0.29) is 5.97 Å². The molecule has 0 aliphatic rings. The Balaban J connectivity index is 1.55. The smallest absolute Gasteiger partial charge is 0.330 e. The minimum atomic E-state index is -0.381. The summed E-state index contributed by atoms with van der Waals surface area (Å²) in [5.41, 5.74) is 2.75. The highest BCUT2D eigenvalue weighted by molar-refractivity contribution is 5.86. The van der Waals surface area contributed by atoms with Gasteiger partial charge >= 0.3 is 5.97 Å². The van der Waals surface area contributed by atoms with Crippen molar-refractivity contribution in [3.8, 4) is 17.2 Å². The van der Waals surface area contributed by atoms with Gasteiger partial charge in [0.05, 0.1) is 19.4 Å². The van der Waals surface area contributed by atoms with Gasteiger partial charge in [0.15, 0.2) is 0 Å². The molecule has 5 nitrogen and oxygen atoms in total. The van der Waals surface area contributed by atoms with Gasteiger partial charge in [0, 0.05) is 18.1 Å². The molecular weight excluding hydrogens is 342 g/mol. The van der Waals surface area contributed by atoms with Crippen LogP contribution in [0.4, 0.5) is 0 Å². The number of methoxy groups -OCH3 is 1. The molecule has 0 aliphatic carbocycles. The third-order valence-corrected chi connectivity index (χ3v) is 4.01. The number of rotatable bonds is 7. The number of carbonyl (C=O) groups excluding carboxylic acids is 1. The molecular formula is C22H21NO4. The zero-order valence-corrected chi connectivity index (χ0v) is 15.3. The number of nitrogens with zero attached hydrogens (tertiary/aromatic N) is 1. The third kappa shape index (κ3) is 5.07. The molecule has 5 heteroatoms. The van der Waals surface area contributed by atoms with Gasteiger partial charge in [0.1, 0.15) is 11.5 Å². The van der Waals surface area contributed by atoms with Crippen LogP contribution in [0.3, 0.4) is 0 Å². The maximum absolute atomic E-state index is 11.1. The summed E-state index contributed by atoms with van der Waals surface area (Å²) in [6, 6.07) is 17.3. The van der Waals surface area contributed by atoms with Crippen molar-refractivity contribution < 1.29 is 18.7 Å². The third-order valence-electron chi connectivity index (χ3n) is 4.01. The average Bonchev–Trinajstić information content (AvgIpc) is 3.08. The van der Waals surface area contributed by atoms with E-state index in [9.17, 15) is 4.79 Å². The van der Waals surface area contributed by atoms with Gasteiger partial charge in [0.2, 0.25) is 5.89 Å². The first-order valence-corrected chi connectivity index (χ1v) is 8.66. The van der Waals surface area contributed by atoms with Crippen LogP contribution < -0.4 is 4.74 Å². The molecule has 1 aromatic heterocycles. The van der Waals surface area contributed by atoms with Crippen molar-refractivity contribution in [2.24, 2.45) is 0 Å². The van der Waals surface area contributed by atoms with E-state index >= 15 is 0 Å². The van der Waals surface area contributed by atoms with Crippen molar-refractivity contribution in [3.05, 3.63) is 77.7 Å². The Labute approximate surface area is 158 Å². The number of aromatic nitrogens is 1. The lowest BCUT2D eigenvalue weighted by Crippen LogP contribution is -2.02. The van der Waals surface area contributed by atoms with Crippen molar-refractivity contribution >= 4 is 12.0 Å². The van der Waals surface area contributed by atoms with Crippen LogP contribution in [0.25, 0.3) is 17.5 Å². The molecule has 0 saturated carbocycles. The lowest BCUT2D eigenvalue weighted by Gasteiger charge is -2.05. The van der Waals surface area contributed by atoms with E-state index in [0.29, 0.717) is 18.9 Å². The Morgan fingerprint density at radius 3 is 2.56 bits per heavy atom. The second-order valence-corrected chi connectivity index (χ2v) is 5.91. The second kappa shape index (κ2) is 8.85. The Bertz CT molecular complexity index is 911. The van der Waals surface area contributed by atoms with Gasteiger partial charge < -0.3 is 13.9 Å². The number of hydrogen-bond donors (Lipinski definition) is 0. The summed E-state index contributed by atoms with van der Waals surface area (Å²) in [6.45, 7) is 2.41. The fourth-order valence-electron chi connectivity index (χ4n) is 2.54. The molecule has 0 bridgehead atoms. The maximum Gasteiger partial charge on any atom is 0.330 e.